The maximum absolute atomic E-state index is 12.2. The smallest absolute Gasteiger partial charge is 0.141 e. The van der Waals surface area contributed by atoms with Crippen LogP contribution in [0.5, 0.6) is 0 Å². The largest absolute Gasteiger partial charge is 0.381 e. The lowest BCUT2D eigenvalue weighted by Gasteiger charge is -2.23. The zero-order chi connectivity index (χ0) is 10.7. The van der Waals surface area contributed by atoms with Gasteiger partial charge in [-0.15, -0.1) is 0 Å². The van der Waals surface area contributed by atoms with E-state index in [1.807, 2.05) is 0 Å². The maximum Gasteiger partial charge on any atom is 0.141 e. The lowest BCUT2D eigenvalue weighted by Crippen LogP contribution is -2.29. The van der Waals surface area contributed by atoms with E-state index in [0.29, 0.717) is 18.3 Å². The van der Waals surface area contributed by atoms with Crippen LogP contribution in [0.1, 0.15) is 45.4 Å². The van der Waals surface area contributed by atoms with E-state index in [9.17, 15) is 4.79 Å². The van der Waals surface area contributed by atoms with E-state index >= 15 is 0 Å². The number of carbonyl (C=O) groups excluding carboxylic acids is 1. The van der Waals surface area contributed by atoms with Gasteiger partial charge in [-0.2, -0.15) is 0 Å². The van der Waals surface area contributed by atoms with Crippen molar-refractivity contribution in [2.45, 2.75) is 45.4 Å². The molecule has 0 aromatic rings. The second kappa shape index (κ2) is 5.11. The number of ketones is 1. The zero-order valence-corrected chi connectivity index (χ0v) is 9.71. The number of Topliss-reactive ketones (excluding diaryl/α,β-unsaturated/α-hetero) is 1. The molecule has 2 rings (SSSR count). The second-order valence-corrected chi connectivity index (χ2v) is 5.10. The molecule has 0 amide bonds. The minimum absolute atomic E-state index is 0.222. The molecule has 3 unspecified atom stereocenters. The third-order valence-corrected chi connectivity index (χ3v) is 4.08. The van der Waals surface area contributed by atoms with E-state index in [-0.39, 0.29) is 5.92 Å². The summed E-state index contributed by atoms with van der Waals surface area (Å²) in [4.78, 5) is 12.2. The summed E-state index contributed by atoms with van der Waals surface area (Å²) in [6.07, 6.45) is 6.91. The zero-order valence-electron chi connectivity index (χ0n) is 9.71. The van der Waals surface area contributed by atoms with E-state index in [2.05, 4.69) is 6.92 Å². The molecule has 0 radical (unpaired) electrons. The van der Waals surface area contributed by atoms with Crippen LogP contribution >= 0.6 is 0 Å². The molecule has 3 atom stereocenters. The molecule has 1 aliphatic heterocycles. The summed E-state index contributed by atoms with van der Waals surface area (Å²) in [6.45, 7) is 3.78. The van der Waals surface area contributed by atoms with Crippen LogP contribution in [0.25, 0.3) is 0 Å². The van der Waals surface area contributed by atoms with Crippen molar-refractivity contribution in [3.8, 4) is 0 Å². The van der Waals surface area contributed by atoms with Crippen LogP contribution in [0.3, 0.4) is 0 Å². The fraction of sp³-hybridized carbons (Fsp3) is 0.923. The molecular formula is C13H22O2. The van der Waals surface area contributed by atoms with Crippen molar-refractivity contribution in [1.29, 1.82) is 0 Å². The van der Waals surface area contributed by atoms with Crippen LogP contribution in [0, 0.1) is 17.8 Å². The molecular weight excluding hydrogens is 188 g/mol. The third kappa shape index (κ3) is 2.60. The summed E-state index contributed by atoms with van der Waals surface area (Å²) in [7, 11) is 0. The van der Waals surface area contributed by atoms with Gasteiger partial charge in [0.25, 0.3) is 0 Å². The Balaban J connectivity index is 1.85. The standard InChI is InChI=1S/C13H22O2/c1-2-10-5-6-11(8-10)13(14)12-4-3-7-15-9-12/h10-12H,2-9H2,1H3. The van der Waals surface area contributed by atoms with Crippen LogP contribution in [0.2, 0.25) is 0 Å². The van der Waals surface area contributed by atoms with Crippen LogP contribution in [-0.2, 0) is 9.53 Å². The normalized spacial score (nSPS) is 36.7. The van der Waals surface area contributed by atoms with Gasteiger partial charge in [0.2, 0.25) is 0 Å². The SMILES string of the molecule is CCC1CCC(C(=O)C2CCCOC2)C1. The summed E-state index contributed by atoms with van der Waals surface area (Å²) < 4.78 is 5.40. The number of ether oxygens (including phenoxy) is 1. The van der Waals surface area contributed by atoms with Crippen molar-refractivity contribution >= 4 is 5.78 Å². The highest BCUT2D eigenvalue weighted by molar-refractivity contribution is 5.83. The van der Waals surface area contributed by atoms with Crippen LogP contribution in [0.4, 0.5) is 0 Å². The maximum atomic E-state index is 12.2. The molecule has 2 aliphatic rings. The third-order valence-electron chi connectivity index (χ3n) is 4.08. The fourth-order valence-electron chi connectivity index (χ4n) is 3.00. The van der Waals surface area contributed by atoms with Crippen molar-refractivity contribution in [3.05, 3.63) is 0 Å². The van der Waals surface area contributed by atoms with E-state index in [0.717, 1.165) is 38.2 Å². The summed E-state index contributed by atoms with van der Waals surface area (Å²) in [5.41, 5.74) is 0. The van der Waals surface area contributed by atoms with Crippen LogP contribution in [-0.4, -0.2) is 19.0 Å². The quantitative estimate of drug-likeness (QED) is 0.716. The molecule has 1 saturated heterocycles. The monoisotopic (exact) mass is 210 g/mol. The van der Waals surface area contributed by atoms with Crippen molar-refractivity contribution in [2.75, 3.05) is 13.2 Å². The van der Waals surface area contributed by atoms with Crippen molar-refractivity contribution in [1.82, 2.24) is 0 Å². The van der Waals surface area contributed by atoms with E-state index < -0.39 is 0 Å². The van der Waals surface area contributed by atoms with Crippen molar-refractivity contribution < 1.29 is 9.53 Å². The van der Waals surface area contributed by atoms with Gasteiger partial charge in [0.1, 0.15) is 5.78 Å². The van der Waals surface area contributed by atoms with Gasteiger partial charge in [-0.05, 0) is 38.0 Å². The summed E-state index contributed by atoms with van der Waals surface area (Å²) in [5, 5.41) is 0. The lowest BCUT2D eigenvalue weighted by atomic mass is 9.87. The molecule has 2 heteroatoms. The Kier molecular flexibility index (Phi) is 3.79. The molecule has 2 nitrogen and oxygen atoms in total. The second-order valence-electron chi connectivity index (χ2n) is 5.10. The van der Waals surface area contributed by atoms with Gasteiger partial charge in [0.05, 0.1) is 6.61 Å². The minimum Gasteiger partial charge on any atom is -0.381 e. The molecule has 86 valence electrons. The first-order chi connectivity index (χ1) is 7.31. The van der Waals surface area contributed by atoms with E-state index in [4.69, 9.17) is 4.74 Å². The average molecular weight is 210 g/mol. The molecule has 1 aliphatic carbocycles. The molecule has 15 heavy (non-hydrogen) atoms. The molecule has 1 heterocycles. The summed E-state index contributed by atoms with van der Waals surface area (Å²) >= 11 is 0. The molecule has 0 aromatic heterocycles. The van der Waals surface area contributed by atoms with Gasteiger partial charge < -0.3 is 4.74 Å². The van der Waals surface area contributed by atoms with Crippen molar-refractivity contribution in [3.63, 3.8) is 0 Å². The Labute approximate surface area is 92.4 Å². The van der Waals surface area contributed by atoms with E-state index in [1.165, 1.54) is 12.8 Å². The number of carbonyl (C=O) groups is 1. The van der Waals surface area contributed by atoms with Gasteiger partial charge in [-0.3, -0.25) is 4.79 Å². The first kappa shape index (κ1) is 11.1. The average Bonchev–Trinajstić information content (AvgIpc) is 2.78. The minimum atomic E-state index is 0.222. The van der Waals surface area contributed by atoms with E-state index in [1.54, 1.807) is 0 Å². The first-order valence-corrected chi connectivity index (χ1v) is 6.42. The number of hydrogen-bond acceptors (Lipinski definition) is 2. The molecule has 1 saturated carbocycles. The molecule has 0 N–H and O–H groups in total. The Morgan fingerprint density at radius 3 is 2.73 bits per heavy atom. The van der Waals surface area contributed by atoms with Gasteiger partial charge in [-0.25, -0.2) is 0 Å². The van der Waals surface area contributed by atoms with Gasteiger partial charge in [0, 0.05) is 18.4 Å². The molecule has 0 spiro atoms. The summed E-state index contributed by atoms with van der Waals surface area (Å²) in [5.74, 6) is 1.90. The van der Waals surface area contributed by atoms with Crippen LogP contribution < -0.4 is 0 Å². The van der Waals surface area contributed by atoms with Crippen LogP contribution in [0.15, 0.2) is 0 Å². The highest BCUT2D eigenvalue weighted by atomic mass is 16.5. The Bertz CT molecular complexity index is 219. The first-order valence-electron chi connectivity index (χ1n) is 6.42. The fourth-order valence-corrected chi connectivity index (χ4v) is 3.00. The number of rotatable bonds is 3. The Hall–Kier alpha value is -0.370. The molecule has 0 aromatic carbocycles. The summed E-state index contributed by atoms with van der Waals surface area (Å²) in [6, 6.07) is 0. The number of hydrogen-bond donors (Lipinski definition) is 0. The molecule has 2 fully saturated rings. The van der Waals surface area contributed by atoms with Gasteiger partial charge in [-0.1, -0.05) is 13.3 Å². The Morgan fingerprint density at radius 1 is 1.27 bits per heavy atom. The Morgan fingerprint density at radius 2 is 2.13 bits per heavy atom. The molecule has 0 bridgehead atoms. The highest BCUT2D eigenvalue weighted by Gasteiger charge is 2.33. The topological polar surface area (TPSA) is 26.3 Å². The predicted molar refractivity (Wildman–Crippen MR) is 59.7 cm³/mol. The highest BCUT2D eigenvalue weighted by Crippen LogP contribution is 2.35. The van der Waals surface area contributed by atoms with Gasteiger partial charge >= 0.3 is 0 Å². The predicted octanol–water partition coefficient (Wildman–Crippen LogP) is 2.81. The lowest BCUT2D eigenvalue weighted by molar-refractivity contribution is -0.130. The van der Waals surface area contributed by atoms with Crippen molar-refractivity contribution in [2.24, 2.45) is 17.8 Å². The van der Waals surface area contributed by atoms with Gasteiger partial charge in [0.15, 0.2) is 0 Å².